The van der Waals surface area contributed by atoms with Gasteiger partial charge in [-0.15, -0.1) is 0 Å². The number of unbranched alkanes of at least 4 members (excludes halogenated alkanes) is 1. The number of rotatable bonds is 10. The normalized spacial score (nSPS) is 16.7. The van der Waals surface area contributed by atoms with Crippen molar-refractivity contribution < 1.29 is 46.3 Å². The quantitative estimate of drug-likeness (QED) is 0.250. The molecule has 2 nitrogen and oxygen atoms in total. The maximum absolute atomic E-state index is 14.0. The second-order valence-electron chi connectivity index (χ2n) is 9.02. The molecular weight excluding hydrogens is 462 g/mol. The molecule has 0 aromatic heterocycles. The number of hydrogen-bond donors (Lipinski definition) is 0. The van der Waals surface area contributed by atoms with Crippen LogP contribution in [0.1, 0.15) is 69.4 Å². The molecule has 1 atom stereocenters. The van der Waals surface area contributed by atoms with Crippen LogP contribution in [0, 0.1) is 12.7 Å². The van der Waals surface area contributed by atoms with Gasteiger partial charge in [0.1, 0.15) is 6.54 Å². The van der Waals surface area contributed by atoms with E-state index in [4.69, 9.17) is 4.74 Å². The molecule has 0 N–H and O–H groups in total. The van der Waals surface area contributed by atoms with E-state index in [0.717, 1.165) is 24.9 Å². The Balaban J connectivity index is 0.00000341. The van der Waals surface area contributed by atoms with Crippen molar-refractivity contribution in [1.82, 2.24) is 0 Å². The van der Waals surface area contributed by atoms with E-state index in [2.05, 4.69) is 37.3 Å². The first-order valence-corrected chi connectivity index (χ1v) is 11.9. The van der Waals surface area contributed by atoms with Gasteiger partial charge in [-0.05, 0) is 69.9 Å². The minimum absolute atomic E-state index is 0. The van der Waals surface area contributed by atoms with Crippen LogP contribution in [0.5, 0.6) is 5.75 Å². The molecule has 0 bridgehead atoms. The van der Waals surface area contributed by atoms with Gasteiger partial charge in [0.25, 0.3) is 0 Å². The SMILES string of the molecule is CCC(CCCCOc1c(C)cccc1F)[N+]1(Cc2ccccc2)CCCCCC1.[Y]. The van der Waals surface area contributed by atoms with Crippen molar-refractivity contribution in [2.24, 2.45) is 0 Å². The van der Waals surface area contributed by atoms with Crippen LogP contribution in [-0.4, -0.2) is 30.2 Å². The van der Waals surface area contributed by atoms with Crippen LogP contribution in [-0.2, 0) is 39.3 Å². The number of nitrogens with zero attached hydrogens (tertiary/aromatic N) is 1. The van der Waals surface area contributed by atoms with Gasteiger partial charge in [0.05, 0.1) is 25.7 Å². The third-order valence-corrected chi connectivity index (χ3v) is 6.88. The maximum Gasteiger partial charge on any atom is 0.165 e. The Morgan fingerprint density at radius 3 is 2.29 bits per heavy atom. The van der Waals surface area contributed by atoms with Crippen molar-refractivity contribution in [2.45, 2.75) is 77.8 Å². The Bertz CT molecular complexity index is 739. The molecule has 1 radical (unpaired) electrons. The fourth-order valence-corrected chi connectivity index (χ4v) is 5.24. The number of likely N-dealkylation sites (tertiary alicyclic amines) is 1. The molecule has 0 saturated carbocycles. The van der Waals surface area contributed by atoms with Gasteiger partial charge in [-0.2, -0.15) is 0 Å². The number of para-hydroxylation sites is 1. The standard InChI is InChI=1S/C27H39FNO.Y/c1-3-25(17-9-12-21-30-27-23(2)14-13-18-26(27)28)29(19-10-4-5-11-20-29)22-24-15-7-6-8-16-24;/h6-8,13-16,18,25H,3-5,9-12,17,19-22H2,1-2H3;/q+1;. The largest absolute Gasteiger partial charge is 0.490 e. The van der Waals surface area contributed by atoms with Gasteiger partial charge in [-0.1, -0.05) is 49.4 Å². The van der Waals surface area contributed by atoms with E-state index >= 15 is 0 Å². The van der Waals surface area contributed by atoms with E-state index in [9.17, 15) is 4.39 Å². The summed E-state index contributed by atoms with van der Waals surface area (Å²) in [7, 11) is 0. The topological polar surface area (TPSA) is 9.23 Å². The monoisotopic (exact) mass is 501 g/mol. The zero-order chi connectivity index (χ0) is 21.2. The molecule has 0 spiro atoms. The van der Waals surface area contributed by atoms with Gasteiger partial charge in [0, 0.05) is 38.3 Å². The number of halogens is 1. The Morgan fingerprint density at radius 1 is 0.935 bits per heavy atom. The second-order valence-corrected chi connectivity index (χ2v) is 9.02. The second kappa shape index (κ2) is 13.7. The Morgan fingerprint density at radius 2 is 1.65 bits per heavy atom. The van der Waals surface area contributed by atoms with Gasteiger partial charge in [-0.25, -0.2) is 4.39 Å². The van der Waals surface area contributed by atoms with Crippen molar-refractivity contribution in [3.8, 4) is 5.75 Å². The van der Waals surface area contributed by atoms with E-state index < -0.39 is 0 Å². The summed E-state index contributed by atoms with van der Waals surface area (Å²) in [5.74, 6) is 0.169. The summed E-state index contributed by atoms with van der Waals surface area (Å²) in [6, 6.07) is 16.9. The number of aryl methyl sites for hydroxylation is 1. The molecule has 167 valence electrons. The summed E-state index contributed by atoms with van der Waals surface area (Å²) in [5.41, 5.74) is 2.34. The summed E-state index contributed by atoms with van der Waals surface area (Å²) in [6.45, 7) is 8.62. The molecular formula is C27H39FNOY+. The molecule has 0 aliphatic carbocycles. The molecule has 1 fully saturated rings. The summed E-state index contributed by atoms with van der Waals surface area (Å²) in [4.78, 5) is 0. The first kappa shape index (κ1) is 26.5. The van der Waals surface area contributed by atoms with Crippen LogP contribution in [0.15, 0.2) is 48.5 Å². The molecule has 1 heterocycles. The summed E-state index contributed by atoms with van der Waals surface area (Å²) >= 11 is 0. The predicted molar refractivity (Wildman–Crippen MR) is 123 cm³/mol. The third kappa shape index (κ3) is 7.65. The van der Waals surface area contributed by atoms with Crippen molar-refractivity contribution in [1.29, 1.82) is 0 Å². The first-order chi connectivity index (χ1) is 14.6. The van der Waals surface area contributed by atoms with Gasteiger partial charge in [0.15, 0.2) is 11.6 Å². The Hall–Kier alpha value is -0.766. The molecule has 1 aliphatic heterocycles. The fraction of sp³-hybridized carbons (Fsp3) is 0.556. The number of hydrogen-bond acceptors (Lipinski definition) is 1. The van der Waals surface area contributed by atoms with Crippen molar-refractivity contribution in [2.75, 3.05) is 19.7 Å². The number of ether oxygens (including phenoxy) is 1. The Labute approximate surface area is 214 Å². The van der Waals surface area contributed by atoms with E-state index in [1.54, 1.807) is 6.07 Å². The third-order valence-electron chi connectivity index (χ3n) is 6.88. The predicted octanol–water partition coefficient (Wildman–Crippen LogP) is 7.05. The first-order valence-electron chi connectivity index (χ1n) is 11.9. The summed E-state index contributed by atoms with van der Waals surface area (Å²) < 4.78 is 21.0. The smallest absolute Gasteiger partial charge is 0.165 e. The van der Waals surface area contributed by atoms with Gasteiger partial charge >= 0.3 is 0 Å². The molecule has 1 unspecified atom stereocenters. The van der Waals surface area contributed by atoms with Crippen LogP contribution in [0.2, 0.25) is 0 Å². The van der Waals surface area contributed by atoms with E-state index in [1.807, 2.05) is 13.0 Å². The average molecular weight is 502 g/mol. The average Bonchev–Trinajstić information content (AvgIpc) is 2.99. The molecule has 31 heavy (non-hydrogen) atoms. The molecule has 2 aromatic rings. The zero-order valence-electron chi connectivity index (χ0n) is 19.5. The number of benzene rings is 2. The van der Waals surface area contributed by atoms with Crippen LogP contribution in [0.4, 0.5) is 4.39 Å². The van der Waals surface area contributed by atoms with Crippen LogP contribution in [0.3, 0.4) is 0 Å². The van der Waals surface area contributed by atoms with Crippen LogP contribution in [0.25, 0.3) is 0 Å². The molecule has 2 aromatic carbocycles. The minimum Gasteiger partial charge on any atom is -0.490 e. The number of quaternary nitrogens is 1. The van der Waals surface area contributed by atoms with Gasteiger partial charge in [0.2, 0.25) is 0 Å². The fourth-order valence-electron chi connectivity index (χ4n) is 5.24. The molecule has 1 saturated heterocycles. The summed E-state index contributed by atoms with van der Waals surface area (Å²) in [6.07, 6.45) is 10.0. The molecule has 1 aliphatic rings. The van der Waals surface area contributed by atoms with Crippen molar-refractivity contribution in [3.05, 3.63) is 65.5 Å². The molecule has 4 heteroatoms. The van der Waals surface area contributed by atoms with Crippen LogP contribution >= 0.6 is 0 Å². The van der Waals surface area contributed by atoms with E-state index in [0.29, 0.717) is 18.4 Å². The van der Waals surface area contributed by atoms with E-state index in [1.165, 1.54) is 67.7 Å². The van der Waals surface area contributed by atoms with Gasteiger partial charge < -0.3 is 9.22 Å². The Kier molecular flexibility index (Phi) is 11.7. The van der Waals surface area contributed by atoms with E-state index in [-0.39, 0.29) is 38.5 Å². The molecule has 3 rings (SSSR count). The van der Waals surface area contributed by atoms with Crippen molar-refractivity contribution in [3.63, 3.8) is 0 Å². The van der Waals surface area contributed by atoms with Crippen LogP contribution < -0.4 is 4.74 Å². The van der Waals surface area contributed by atoms with Crippen molar-refractivity contribution >= 4 is 0 Å². The summed E-state index contributed by atoms with van der Waals surface area (Å²) in [5, 5.41) is 0. The van der Waals surface area contributed by atoms with Gasteiger partial charge in [-0.3, -0.25) is 0 Å². The maximum atomic E-state index is 14.0. The molecule has 0 amide bonds. The zero-order valence-corrected chi connectivity index (χ0v) is 22.3. The minimum atomic E-state index is -0.252.